The fraction of sp³-hybridized carbons (Fsp3) is 0.250. The van der Waals surface area contributed by atoms with Gasteiger partial charge < -0.3 is 15.3 Å². The zero-order valence-electron chi connectivity index (χ0n) is 15.3. The Balaban J connectivity index is 2.01. The van der Waals surface area contributed by atoms with Crippen molar-refractivity contribution >= 4 is 35.2 Å². The van der Waals surface area contributed by atoms with Gasteiger partial charge in [-0.15, -0.1) is 11.8 Å². The predicted octanol–water partition coefficient (Wildman–Crippen LogP) is 3.60. The molecule has 0 aromatic heterocycles. The molecule has 0 heterocycles. The van der Waals surface area contributed by atoms with Crippen LogP contribution in [0.1, 0.15) is 34.6 Å². The monoisotopic (exact) mass is 386 g/mol. The molecule has 7 heteroatoms. The number of carboxylic acids is 1. The molecule has 2 amide bonds. The third-order valence-electron chi connectivity index (χ3n) is 3.92. The second kappa shape index (κ2) is 9.78. The molecule has 0 atom stereocenters. The molecule has 2 N–H and O–H groups in total. The number of rotatable bonds is 8. The summed E-state index contributed by atoms with van der Waals surface area (Å²) < 4.78 is 0. The molecule has 2 aromatic rings. The molecule has 0 aliphatic rings. The van der Waals surface area contributed by atoms with Crippen molar-refractivity contribution in [2.45, 2.75) is 18.7 Å². The molecule has 6 nitrogen and oxygen atoms in total. The molecule has 2 aromatic carbocycles. The Hall–Kier alpha value is -2.80. The maximum atomic E-state index is 12.4. The molecule has 0 aliphatic heterocycles. The van der Waals surface area contributed by atoms with E-state index in [0.717, 1.165) is 11.8 Å². The van der Waals surface area contributed by atoms with Gasteiger partial charge in [-0.05, 0) is 44.2 Å². The second-order valence-electron chi connectivity index (χ2n) is 5.70. The van der Waals surface area contributed by atoms with Crippen molar-refractivity contribution in [1.29, 1.82) is 0 Å². The van der Waals surface area contributed by atoms with Gasteiger partial charge in [-0.3, -0.25) is 9.59 Å². The molecular formula is C20H22N2O4S. The number of benzene rings is 2. The molecule has 0 saturated heterocycles. The molecule has 0 bridgehead atoms. The number of anilines is 1. The lowest BCUT2D eigenvalue weighted by atomic mass is 10.1. The maximum absolute atomic E-state index is 12.4. The average Bonchev–Trinajstić information content (AvgIpc) is 2.67. The Morgan fingerprint density at radius 1 is 1.04 bits per heavy atom. The summed E-state index contributed by atoms with van der Waals surface area (Å²) >= 11 is 1.16. The lowest BCUT2D eigenvalue weighted by Gasteiger charge is -2.19. The van der Waals surface area contributed by atoms with Gasteiger partial charge in [0.2, 0.25) is 5.91 Å². The first-order valence-electron chi connectivity index (χ1n) is 8.60. The third kappa shape index (κ3) is 5.59. The molecule has 0 fully saturated rings. The van der Waals surface area contributed by atoms with Gasteiger partial charge in [-0.25, -0.2) is 4.79 Å². The smallest absolute Gasteiger partial charge is 0.336 e. The van der Waals surface area contributed by atoms with Crippen molar-refractivity contribution in [3.8, 4) is 0 Å². The van der Waals surface area contributed by atoms with Crippen molar-refractivity contribution in [2.75, 3.05) is 24.2 Å². The number of nitrogens with one attached hydrogen (secondary N) is 1. The average molecular weight is 386 g/mol. The largest absolute Gasteiger partial charge is 0.478 e. The number of amides is 2. The summed E-state index contributed by atoms with van der Waals surface area (Å²) in [5.41, 5.74) is 1.22. The summed E-state index contributed by atoms with van der Waals surface area (Å²) in [6.07, 6.45) is 0. The molecule has 2 rings (SSSR count). The van der Waals surface area contributed by atoms with E-state index in [4.69, 9.17) is 0 Å². The summed E-state index contributed by atoms with van der Waals surface area (Å²) in [4.78, 5) is 38.1. The van der Waals surface area contributed by atoms with Crippen LogP contribution in [0.2, 0.25) is 0 Å². The van der Waals surface area contributed by atoms with E-state index in [9.17, 15) is 19.5 Å². The fourth-order valence-electron chi connectivity index (χ4n) is 2.53. The zero-order chi connectivity index (χ0) is 19.8. The van der Waals surface area contributed by atoms with Crippen LogP contribution in [-0.2, 0) is 4.79 Å². The van der Waals surface area contributed by atoms with Crippen molar-refractivity contribution in [1.82, 2.24) is 4.90 Å². The van der Waals surface area contributed by atoms with Gasteiger partial charge >= 0.3 is 5.97 Å². The highest BCUT2D eigenvalue weighted by molar-refractivity contribution is 8.00. The zero-order valence-corrected chi connectivity index (χ0v) is 16.1. The van der Waals surface area contributed by atoms with Crippen LogP contribution in [0.5, 0.6) is 0 Å². The summed E-state index contributed by atoms with van der Waals surface area (Å²) in [5.74, 6) is -1.31. The number of aromatic carboxylic acids is 1. The normalized spacial score (nSPS) is 10.3. The van der Waals surface area contributed by atoms with Gasteiger partial charge in [0.1, 0.15) is 0 Å². The third-order valence-corrected chi connectivity index (χ3v) is 4.99. The minimum absolute atomic E-state index is 0.0680. The Morgan fingerprint density at radius 3 is 2.41 bits per heavy atom. The van der Waals surface area contributed by atoms with Crippen LogP contribution in [-0.4, -0.2) is 46.6 Å². The number of thioether (sulfide) groups is 1. The van der Waals surface area contributed by atoms with E-state index in [1.54, 1.807) is 47.4 Å². The first-order valence-corrected chi connectivity index (χ1v) is 9.59. The second-order valence-corrected chi connectivity index (χ2v) is 6.71. The van der Waals surface area contributed by atoms with Crippen LogP contribution in [0.25, 0.3) is 0 Å². The Bertz CT molecular complexity index is 834. The molecule has 27 heavy (non-hydrogen) atoms. The van der Waals surface area contributed by atoms with Gasteiger partial charge in [-0.2, -0.15) is 0 Å². The van der Waals surface area contributed by atoms with Gasteiger partial charge in [-0.1, -0.05) is 18.2 Å². The topological polar surface area (TPSA) is 86.7 Å². The number of hydrogen-bond acceptors (Lipinski definition) is 4. The number of hydrogen-bond donors (Lipinski definition) is 2. The van der Waals surface area contributed by atoms with Crippen LogP contribution in [0.4, 0.5) is 5.69 Å². The number of carboxylic acid groups (broad SMARTS) is 1. The SMILES string of the molecule is CCN(CC)C(=O)c1cccc(NC(=O)CSc2ccccc2C(=O)O)c1. The van der Waals surface area contributed by atoms with Gasteiger partial charge in [0.15, 0.2) is 0 Å². The molecule has 0 saturated carbocycles. The first-order chi connectivity index (χ1) is 13.0. The molecule has 0 aliphatic carbocycles. The lowest BCUT2D eigenvalue weighted by Crippen LogP contribution is -2.30. The maximum Gasteiger partial charge on any atom is 0.336 e. The fourth-order valence-corrected chi connectivity index (χ4v) is 3.38. The number of carbonyl (C=O) groups excluding carboxylic acids is 2. The van der Waals surface area contributed by atoms with Crippen LogP contribution in [0.15, 0.2) is 53.4 Å². The van der Waals surface area contributed by atoms with E-state index in [0.29, 0.717) is 29.2 Å². The number of nitrogens with zero attached hydrogens (tertiary/aromatic N) is 1. The molecular weight excluding hydrogens is 364 g/mol. The van der Waals surface area contributed by atoms with Gasteiger partial charge in [0, 0.05) is 29.2 Å². The highest BCUT2D eigenvalue weighted by Gasteiger charge is 2.14. The van der Waals surface area contributed by atoms with E-state index >= 15 is 0 Å². The highest BCUT2D eigenvalue weighted by Crippen LogP contribution is 2.23. The van der Waals surface area contributed by atoms with Crippen LogP contribution < -0.4 is 5.32 Å². The van der Waals surface area contributed by atoms with E-state index in [2.05, 4.69) is 5.32 Å². The Morgan fingerprint density at radius 2 is 1.74 bits per heavy atom. The number of carbonyl (C=O) groups is 3. The summed E-state index contributed by atoms with van der Waals surface area (Å²) in [6, 6.07) is 13.4. The van der Waals surface area contributed by atoms with Gasteiger partial charge in [0.25, 0.3) is 5.91 Å². The Kier molecular flexibility index (Phi) is 7.43. The molecule has 142 valence electrons. The highest BCUT2D eigenvalue weighted by atomic mass is 32.2. The van der Waals surface area contributed by atoms with Crippen molar-refractivity contribution in [3.05, 3.63) is 59.7 Å². The van der Waals surface area contributed by atoms with E-state index in [1.807, 2.05) is 13.8 Å². The summed E-state index contributed by atoms with van der Waals surface area (Å²) in [6.45, 7) is 5.07. The molecule has 0 radical (unpaired) electrons. The van der Waals surface area contributed by atoms with Crippen LogP contribution in [0, 0.1) is 0 Å². The van der Waals surface area contributed by atoms with Crippen molar-refractivity contribution < 1.29 is 19.5 Å². The van der Waals surface area contributed by atoms with E-state index in [-0.39, 0.29) is 23.1 Å². The lowest BCUT2D eigenvalue weighted by molar-refractivity contribution is -0.113. The van der Waals surface area contributed by atoms with Crippen molar-refractivity contribution in [3.63, 3.8) is 0 Å². The quantitative estimate of drug-likeness (QED) is 0.677. The summed E-state index contributed by atoms with van der Waals surface area (Å²) in [5, 5.41) is 11.9. The molecule has 0 unspecified atom stereocenters. The predicted molar refractivity (Wildman–Crippen MR) is 106 cm³/mol. The van der Waals surface area contributed by atoms with Crippen LogP contribution >= 0.6 is 11.8 Å². The molecule has 0 spiro atoms. The Labute approximate surface area is 162 Å². The minimum atomic E-state index is -1.03. The minimum Gasteiger partial charge on any atom is -0.478 e. The standard InChI is InChI=1S/C20H22N2O4S/c1-3-22(4-2)19(24)14-8-7-9-15(12-14)21-18(23)13-27-17-11-6-5-10-16(17)20(25)26/h5-12H,3-4,13H2,1-2H3,(H,21,23)(H,25,26). The van der Waals surface area contributed by atoms with Crippen molar-refractivity contribution in [2.24, 2.45) is 0 Å². The first kappa shape index (κ1) is 20.5. The van der Waals surface area contributed by atoms with E-state index in [1.165, 1.54) is 6.07 Å². The van der Waals surface area contributed by atoms with Crippen LogP contribution in [0.3, 0.4) is 0 Å². The van der Waals surface area contributed by atoms with Gasteiger partial charge in [0.05, 0.1) is 11.3 Å². The summed E-state index contributed by atoms with van der Waals surface area (Å²) in [7, 11) is 0. The van der Waals surface area contributed by atoms with E-state index < -0.39 is 5.97 Å².